The van der Waals surface area contributed by atoms with E-state index < -0.39 is 5.97 Å². The lowest BCUT2D eigenvalue weighted by molar-refractivity contribution is 0.0475. The second kappa shape index (κ2) is 5.76. The van der Waals surface area contributed by atoms with Gasteiger partial charge in [0.05, 0.1) is 10.6 Å². The van der Waals surface area contributed by atoms with Crippen molar-refractivity contribution < 1.29 is 9.53 Å². The first kappa shape index (κ1) is 13.9. The van der Waals surface area contributed by atoms with Gasteiger partial charge in [0.25, 0.3) is 0 Å². The number of carbonyl (C=O) groups excluding carboxylic acids is 1. The first-order valence-electron chi connectivity index (χ1n) is 6.32. The second-order valence-corrected chi connectivity index (χ2v) is 5.89. The number of benzene rings is 2. The molecule has 0 amide bonds. The molecule has 3 aromatic rings. The number of ether oxygens (including phenoxy) is 1. The molecule has 1 heterocycles. The zero-order valence-corrected chi connectivity index (χ0v) is 12.6. The Morgan fingerprint density at radius 3 is 2.86 bits per heavy atom. The molecule has 0 bridgehead atoms. The fourth-order valence-electron chi connectivity index (χ4n) is 2.06. The van der Waals surface area contributed by atoms with Crippen LogP contribution in [0.3, 0.4) is 0 Å². The molecule has 0 saturated carbocycles. The van der Waals surface area contributed by atoms with Gasteiger partial charge in [0.1, 0.15) is 6.61 Å². The normalized spacial score (nSPS) is 10.7. The molecule has 5 heteroatoms. The molecule has 0 spiro atoms. The molecule has 2 N–H and O–H groups in total. The van der Waals surface area contributed by atoms with Crippen LogP contribution in [0.25, 0.3) is 10.1 Å². The number of esters is 1. The maximum Gasteiger partial charge on any atom is 0.339 e. The maximum atomic E-state index is 12.1. The van der Waals surface area contributed by atoms with E-state index in [-0.39, 0.29) is 6.61 Å². The molecule has 0 radical (unpaired) electrons. The average molecular weight is 318 g/mol. The van der Waals surface area contributed by atoms with Crippen LogP contribution in [0.15, 0.2) is 47.8 Å². The summed E-state index contributed by atoms with van der Waals surface area (Å²) in [6, 6.07) is 12.8. The third kappa shape index (κ3) is 2.86. The Hall–Kier alpha value is -2.04. The second-order valence-electron chi connectivity index (χ2n) is 4.57. The van der Waals surface area contributed by atoms with Gasteiger partial charge in [-0.2, -0.15) is 0 Å². The number of hydrogen-bond donors (Lipinski definition) is 1. The van der Waals surface area contributed by atoms with Crippen LogP contribution in [0.4, 0.5) is 5.69 Å². The number of halogens is 1. The quantitative estimate of drug-likeness (QED) is 0.572. The highest BCUT2D eigenvalue weighted by molar-refractivity contribution is 7.17. The van der Waals surface area contributed by atoms with Crippen LogP contribution in [-0.4, -0.2) is 5.97 Å². The van der Waals surface area contributed by atoms with Crippen LogP contribution in [0, 0.1) is 0 Å². The predicted octanol–water partition coefficient (Wildman–Crippen LogP) is 4.49. The number of nitrogen functional groups attached to an aromatic ring is 1. The van der Waals surface area contributed by atoms with E-state index in [1.165, 1.54) is 10.8 Å². The third-order valence-electron chi connectivity index (χ3n) is 3.13. The molecule has 0 fully saturated rings. The van der Waals surface area contributed by atoms with E-state index in [0.717, 1.165) is 10.9 Å². The number of hydrogen-bond acceptors (Lipinski definition) is 4. The van der Waals surface area contributed by atoms with Crippen molar-refractivity contribution in [2.45, 2.75) is 6.61 Å². The van der Waals surface area contributed by atoms with Crippen molar-refractivity contribution in [1.82, 2.24) is 0 Å². The van der Waals surface area contributed by atoms with Crippen LogP contribution in [0.1, 0.15) is 15.9 Å². The molecule has 0 unspecified atom stereocenters. The molecular formula is C16H12ClNO2S. The summed E-state index contributed by atoms with van der Waals surface area (Å²) in [7, 11) is 0. The fraction of sp³-hybridized carbons (Fsp3) is 0.0625. The maximum absolute atomic E-state index is 12.1. The first-order chi connectivity index (χ1) is 10.1. The highest BCUT2D eigenvalue weighted by Crippen LogP contribution is 2.27. The highest BCUT2D eigenvalue weighted by atomic mass is 35.5. The number of anilines is 1. The summed E-state index contributed by atoms with van der Waals surface area (Å²) in [6.45, 7) is 0.226. The fourth-order valence-corrected chi connectivity index (χ4v) is 3.28. The van der Waals surface area contributed by atoms with E-state index >= 15 is 0 Å². The summed E-state index contributed by atoms with van der Waals surface area (Å²) in [4.78, 5) is 12.1. The van der Waals surface area contributed by atoms with Crippen molar-refractivity contribution >= 4 is 44.7 Å². The summed E-state index contributed by atoms with van der Waals surface area (Å²) >= 11 is 7.63. The standard InChI is InChI=1S/C16H12ClNO2S/c17-14-7-11(18)5-6-13(14)16(19)20-8-10-9-21-15-4-2-1-3-12(10)15/h1-7,9H,8,18H2. The topological polar surface area (TPSA) is 52.3 Å². The van der Waals surface area contributed by atoms with Gasteiger partial charge in [-0.1, -0.05) is 29.8 Å². The summed E-state index contributed by atoms with van der Waals surface area (Å²) in [5.41, 5.74) is 7.44. The van der Waals surface area contributed by atoms with Crippen molar-refractivity contribution in [3.8, 4) is 0 Å². The zero-order chi connectivity index (χ0) is 14.8. The van der Waals surface area contributed by atoms with E-state index in [1.807, 2.05) is 29.6 Å². The van der Waals surface area contributed by atoms with Gasteiger partial charge >= 0.3 is 5.97 Å². The lowest BCUT2D eigenvalue weighted by atomic mass is 10.2. The highest BCUT2D eigenvalue weighted by Gasteiger charge is 2.13. The van der Waals surface area contributed by atoms with Gasteiger partial charge in [0, 0.05) is 16.0 Å². The first-order valence-corrected chi connectivity index (χ1v) is 7.58. The molecular weight excluding hydrogens is 306 g/mol. The molecule has 0 atom stereocenters. The van der Waals surface area contributed by atoms with E-state index in [9.17, 15) is 4.79 Å². The summed E-state index contributed by atoms with van der Waals surface area (Å²) in [5.74, 6) is -0.449. The summed E-state index contributed by atoms with van der Waals surface area (Å²) < 4.78 is 6.52. The SMILES string of the molecule is Nc1ccc(C(=O)OCc2csc3ccccc23)c(Cl)c1. The van der Waals surface area contributed by atoms with Gasteiger partial charge in [0.2, 0.25) is 0 Å². The summed E-state index contributed by atoms with van der Waals surface area (Å²) in [6.07, 6.45) is 0. The predicted molar refractivity (Wildman–Crippen MR) is 86.8 cm³/mol. The molecule has 21 heavy (non-hydrogen) atoms. The van der Waals surface area contributed by atoms with E-state index in [2.05, 4.69) is 0 Å². The van der Waals surface area contributed by atoms with Gasteiger partial charge in [-0.15, -0.1) is 11.3 Å². The minimum absolute atomic E-state index is 0.226. The van der Waals surface area contributed by atoms with Crippen molar-refractivity contribution in [3.63, 3.8) is 0 Å². The molecule has 1 aromatic heterocycles. The molecule has 3 nitrogen and oxygen atoms in total. The number of rotatable bonds is 3. The number of carbonyl (C=O) groups is 1. The van der Waals surface area contributed by atoms with Crippen LogP contribution < -0.4 is 5.73 Å². The number of fused-ring (bicyclic) bond motifs is 1. The van der Waals surface area contributed by atoms with Crippen LogP contribution in [0.2, 0.25) is 5.02 Å². The Labute approximate surface area is 130 Å². The van der Waals surface area contributed by atoms with Crippen molar-refractivity contribution in [1.29, 1.82) is 0 Å². The van der Waals surface area contributed by atoms with E-state index in [1.54, 1.807) is 23.5 Å². The lowest BCUT2D eigenvalue weighted by Gasteiger charge is -2.06. The number of nitrogens with two attached hydrogens (primary N) is 1. The van der Waals surface area contributed by atoms with Gasteiger partial charge in [-0.05, 0) is 35.0 Å². The monoisotopic (exact) mass is 317 g/mol. The lowest BCUT2D eigenvalue weighted by Crippen LogP contribution is -2.06. The Balaban J connectivity index is 1.77. The number of thiophene rings is 1. The molecule has 3 rings (SSSR count). The Bertz CT molecular complexity index is 813. The van der Waals surface area contributed by atoms with Gasteiger partial charge in [-0.3, -0.25) is 0 Å². The zero-order valence-electron chi connectivity index (χ0n) is 11.0. The molecule has 2 aromatic carbocycles. The van der Waals surface area contributed by atoms with Crippen LogP contribution in [-0.2, 0) is 11.3 Å². The molecule has 106 valence electrons. The van der Waals surface area contributed by atoms with E-state index in [4.69, 9.17) is 22.1 Å². The molecule has 0 aliphatic heterocycles. The Morgan fingerprint density at radius 1 is 1.24 bits per heavy atom. The minimum atomic E-state index is -0.449. The van der Waals surface area contributed by atoms with Crippen molar-refractivity contribution in [2.75, 3.05) is 5.73 Å². The molecule has 0 saturated heterocycles. The third-order valence-corrected chi connectivity index (χ3v) is 4.46. The smallest absolute Gasteiger partial charge is 0.339 e. The van der Waals surface area contributed by atoms with Crippen molar-refractivity contribution in [3.05, 3.63) is 64.0 Å². The van der Waals surface area contributed by atoms with Crippen molar-refractivity contribution in [2.24, 2.45) is 0 Å². The van der Waals surface area contributed by atoms with Gasteiger partial charge in [0.15, 0.2) is 0 Å². The molecule has 0 aliphatic rings. The van der Waals surface area contributed by atoms with E-state index in [0.29, 0.717) is 16.3 Å². The largest absolute Gasteiger partial charge is 0.457 e. The Morgan fingerprint density at radius 2 is 2.05 bits per heavy atom. The Kier molecular flexibility index (Phi) is 3.82. The molecule has 0 aliphatic carbocycles. The van der Waals surface area contributed by atoms with Gasteiger partial charge in [-0.25, -0.2) is 4.79 Å². The summed E-state index contributed by atoms with van der Waals surface area (Å²) in [5, 5.41) is 3.41. The van der Waals surface area contributed by atoms with Crippen LogP contribution in [0.5, 0.6) is 0 Å². The minimum Gasteiger partial charge on any atom is -0.457 e. The van der Waals surface area contributed by atoms with Gasteiger partial charge < -0.3 is 10.5 Å². The van der Waals surface area contributed by atoms with Crippen LogP contribution >= 0.6 is 22.9 Å². The average Bonchev–Trinajstić information content (AvgIpc) is 2.88.